The maximum absolute atomic E-state index is 12.2. The third-order valence-corrected chi connectivity index (χ3v) is 4.74. The lowest BCUT2D eigenvalue weighted by Gasteiger charge is -2.40. The van der Waals surface area contributed by atoms with Crippen LogP contribution in [0, 0.1) is 3.57 Å². The van der Waals surface area contributed by atoms with Crippen molar-refractivity contribution in [2.45, 2.75) is 45.9 Å². The van der Waals surface area contributed by atoms with Crippen molar-refractivity contribution in [2.24, 2.45) is 0 Å². The van der Waals surface area contributed by atoms with Gasteiger partial charge in [0, 0.05) is 35.8 Å². The highest BCUT2D eigenvalue weighted by Gasteiger charge is 2.30. The van der Waals surface area contributed by atoms with Crippen molar-refractivity contribution in [1.82, 2.24) is 9.80 Å². The number of hydrogen-bond acceptors (Lipinski definition) is 3. The number of amides is 1. The molecule has 0 bridgehead atoms. The van der Waals surface area contributed by atoms with Crippen molar-refractivity contribution < 1.29 is 9.53 Å². The molecule has 0 saturated carbocycles. The van der Waals surface area contributed by atoms with Crippen molar-refractivity contribution >= 4 is 28.7 Å². The molecule has 0 N–H and O–H groups in total. The summed E-state index contributed by atoms with van der Waals surface area (Å²) in [4.78, 5) is 16.5. The number of hydrogen-bond donors (Lipinski definition) is 0. The fraction of sp³-hybridized carbons (Fsp3) is 0.588. The van der Waals surface area contributed by atoms with Crippen LogP contribution < -0.4 is 0 Å². The Balaban J connectivity index is 1.93. The van der Waals surface area contributed by atoms with Crippen molar-refractivity contribution in [1.29, 1.82) is 0 Å². The van der Waals surface area contributed by atoms with E-state index in [0.29, 0.717) is 0 Å². The first-order chi connectivity index (χ1) is 10.3. The van der Waals surface area contributed by atoms with Crippen LogP contribution in [0.5, 0.6) is 0 Å². The van der Waals surface area contributed by atoms with Crippen LogP contribution in [0.2, 0.25) is 0 Å². The number of benzene rings is 1. The Kier molecular flexibility index (Phi) is 5.71. The second-order valence-corrected chi connectivity index (χ2v) is 8.01. The van der Waals surface area contributed by atoms with Crippen LogP contribution >= 0.6 is 22.6 Å². The van der Waals surface area contributed by atoms with Gasteiger partial charge in [-0.05, 0) is 61.9 Å². The van der Waals surface area contributed by atoms with Crippen LogP contribution in [0.1, 0.15) is 33.3 Å². The Bertz CT molecular complexity index is 528. The third kappa shape index (κ3) is 4.84. The van der Waals surface area contributed by atoms with Gasteiger partial charge in [-0.25, -0.2) is 4.79 Å². The number of ether oxygens (including phenoxy) is 1. The molecule has 1 atom stereocenters. The van der Waals surface area contributed by atoms with Gasteiger partial charge in [0.15, 0.2) is 0 Å². The van der Waals surface area contributed by atoms with E-state index in [1.807, 2.05) is 25.7 Å². The van der Waals surface area contributed by atoms with Crippen LogP contribution in [-0.4, -0.2) is 47.2 Å². The summed E-state index contributed by atoms with van der Waals surface area (Å²) in [6.45, 7) is 11.2. The lowest BCUT2D eigenvalue weighted by atomic mass is 10.1. The zero-order valence-corrected chi connectivity index (χ0v) is 16.0. The summed E-state index contributed by atoms with van der Waals surface area (Å²) in [5.74, 6) is 0. The van der Waals surface area contributed by atoms with E-state index in [2.05, 4.69) is 58.7 Å². The molecule has 0 aliphatic carbocycles. The molecule has 122 valence electrons. The average Bonchev–Trinajstić information content (AvgIpc) is 2.39. The van der Waals surface area contributed by atoms with Crippen molar-refractivity contribution in [3.63, 3.8) is 0 Å². The maximum Gasteiger partial charge on any atom is 0.410 e. The van der Waals surface area contributed by atoms with Crippen molar-refractivity contribution in [2.75, 3.05) is 19.6 Å². The van der Waals surface area contributed by atoms with Crippen LogP contribution in [-0.2, 0) is 11.3 Å². The minimum atomic E-state index is -0.436. The van der Waals surface area contributed by atoms with Crippen LogP contribution in [0.4, 0.5) is 4.79 Å². The van der Waals surface area contributed by atoms with Gasteiger partial charge in [-0.3, -0.25) is 4.90 Å². The molecule has 4 nitrogen and oxygen atoms in total. The second-order valence-electron chi connectivity index (χ2n) is 6.85. The van der Waals surface area contributed by atoms with Crippen LogP contribution in [0.3, 0.4) is 0 Å². The lowest BCUT2D eigenvalue weighted by molar-refractivity contribution is 0.000539. The molecule has 1 heterocycles. The fourth-order valence-electron chi connectivity index (χ4n) is 2.64. The summed E-state index contributed by atoms with van der Waals surface area (Å²) >= 11 is 2.38. The van der Waals surface area contributed by atoms with Gasteiger partial charge in [-0.15, -0.1) is 0 Å². The zero-order valence-electron chi connectivity index (χ0n) is 13.8. The highest BCUT2D eigenvalue weighted by atomic mass is 127. The summed E-state index contributed by atoms with van der Waals surface area (Å²) in [6, 6.07) is 8.62. The highest BCUT2D eigenvalue weighted by Crippen LogP contribution is 2.19. The fourth-order valence-corrected chi connectivity index (χ4v) is 3.19. The van der Waals surface area contributed by atoms with E-state index in [-0.39, 0.29) is 12.1 Å². The third-order valence-electron chi connectivity index (χ3n) is 3.69. The lowest BCUT2D eigenvalue weighted by Crippen LogP contribution is -2.54. The second kappa shape index (κ2) is 7.17. The van der Waals surface area contributed by atoms with E-state index < -0.39 is 5.60 Å². The first kappa shape index (κ1) is 17.5. The molecule has 1 amide bonds. The summed E-state index contributed by atoms with van der Waals surface area (Å²) in [7, 11) is 0. The largest absolute Gasteiger partial charge is 0.444 e. The molecule has 1 aromatic rings. The number of carbonyl (C=O) groups is 1. The predicted molar refractivity (Wildman–Crippen MR) is 96.8 cm³/mol. The van der Waals surface area contributed by atoms with E-state index in [1.165, 1.54) is 9.13 Å². The summed E-state index contributed by atoms with van der Waals surface area (Å²) < 4.78 is 6.78. The average molecular weight is 416 g/mol. The molecule has 1 saturated heterocycles. The van der Waals surface area contributed by atoms with Gasteiger partial charge < -0.3 is 9.64 Å². The molecule has 0 radical (unpaired) electrons. The molecule has 0 spiro atoms. The Labute approximate surface area is 146 Å². The summed E-state index contributed by atoms with van der Waals surface area (Å²) in [5.41, 5.74) is 0.912. The number of nitrogens with zero attached hydrogens (tertiary/aromatic N) is 2. The first-order valence-electron chi connectivity index (χ1n) is 7.71. The molecule has 22 heavy (non-hydrogen) atoms. The highest BCUT2D eigenvalue weighted by molar-refractivity contribution is 14.1. The molecule has 1 aliphatic heterocycles. The van der Waals surface area contributed by atoms with Gasteiger partial charge in [0.1, 0.15) is 5.60 Å². The van der Waals surface area contributed by atoms with E-state index in [0.717, 1.165) is 26.2 Å². The monoisotopic (exact) mass is 416 g/mol. The normalized spacial score (nSPS) is 20.0. The maximum atomic E-state index is 12.2. The van der Waals surface area contributed by atoms with Gasteiger partial charge in [0.25, 0.3) is 0 Å². The van der Waals surface area contributed by atoms with Gasteiger partial charge in [-0.1, -0.05) is 18.2 Å². The molecule has 0 aromatic heterocycles. The van der Waals surface area contributed by atoms with E-state index >= 15 is 0 Å². The van der Waals surface area contributed by atoms with Gasteiger partial charge in [-0.2, -0.15) is 0 Å². The number of piperazine rings is 1. The SMILES string of the molecule is C[C@H]1CN(Cc2ccccc2I)CCN1C(=O)OC(C)(C)C. The minimum absolute atomic E-state index is 0.171. The van der Waals surface area contributed by atoms with Crippen LogP contribution in [0.15, 0.2) is 24.3 Å². The van der Waals surface area contributed by atoms with E-state index in [1.54, 1.807) is 0 Å². The quantitative estimate of drug-likeness (QED) is 0.689. The van der Waals surface area contributed by atoms with Gasteiger partial charge in [0.05, 0.1) is 0 Å². The van der Waals surface area contributed by atoms with Crippen molar-refractivity contribution in [3.05, 3.63) is 33.4 Å². The van der Waals surface area contributed by atoms with E-state index in [4.69, 9.17) is 4.74 Å². The first-order valence-corrected chi connectivity index (χ1v) is 8.79. The molecule has 0 unspecified atom stereocenters. The topological polar surface area (TPSA) is 32.8 Å². The smallest absolute Gasteiger partial charge is 0.410 e. The molecular weight excluding hydrogens is 391 g/mol. The summed E-state index contributed by atoms with van der Waals surface area (Å²) in [5, 5.41) is 0. The number of rotatable bonds is 2. The van der Waals surface area contributed by atoms with Crippen LogP contribution in [0.25, 0.3) is 0 Å². The standard InChI is InChI=1S/C17H25IN2O2/c1-13-11-19(12-14-7-5-6-8-15(14)18)9-10-20(13)16(21)22-17(2,3)4/h5-8,13H,9-12H2,1-4H3/t13-/m0/s1. The minimum Gasteiger partial charge on any atom is -0.444 e. The van der Waals surface area contributed by atoms with Gasteiger partial charge >= 0.3 is 6.09 Å². The Morgan fingerprint density at radius 1 is 1.32 bits per heavy atom. The van der Waals surface area contributed by atoms with E-state index in [9.17, 15) is 4.79 Å². The number of carbonyl (C=O) groups excluding carboxylic acids is 1. The van der Waals surface area contributed by atoms with Crippen molar-refractivity contribution in [3.8, 4) is 0 Å². The Hall–Kier alpha value is -0.820. The molecule has 5 heteroatoms. The zero-order chi connectivity index (χ0) is 16.3. The predicted octanol–water partition coefficient (Wildman–Crippen LogP) is 3.73. The molecule has 1 aromatic carbocycles. The Morgan fingerprint density at radius 2 is 2.00 bits per heavy atom. The number of halogens is 1. The molecule has 1 aliphatic rings. The Morgan fingerprint density at radius 3 is 2.59 bits per heavy atom. The van der Waals surface area contributed by atoms with Gasteiger partial charge in [0.2, 0.25) is 0 Å². The molecule has 1 fully saturated rings. The molecule has 2 rings (SSSR count). The molecular formula is C17H25IN2O2. The summed E-state index contributed by atoms with van der Waals surface area (Å²) in [6.07, 6.45) is -0.200.